The van der Waals surface area contributed by atoms with Gasteiger partial charge in [-0.1, -0.05) is 13.8 Å². The van der Waals surface area contributed by atoms with Crippen LogP contribution in [0.5, 0.6) is 0 Å². The Kier molecular flexibility index (Phi) is 6.34. The van der Waals surface area contributed by atoms with Crippen molar-refractivity contribution in [3.8, 4) is 0 Å². The van der Waals surface area contributed by atoms with Crippen molar-refractivity contribution in [3.63, 3.8) is 0 Å². The average molecular weight is 385 g/mol. The molecule has 1 aliphatic carbocycles. The standard InChI is InChI=1S/C21H27N3O4/c1-13(2)9-10-22-21(27)24-19(25)12-28-20(26)14-7-8-18-16(11-14)15-5-3-4-6-17(15)23-18/h7-8,11,13,23H,3-6,9-10,12H2,1-2H3,(H2,22,24,25,27). The zero-order valence-electron chi connectivity index (χ0n) is 16.4. The van der Waals surface area contributed by atoms with E-state index in [1.54, 1.807) is 6.07 Å². The van der Waals surface area contributed by atoms with Gasteiger partial charge in [-0.25, -0.2) is 9.59 Å². The summed E-state index contributed by atoms with van der Waals surface area (Å²) < 4.78 is 5.06. The Balaban J connectivity index is 1.53. The fourth-order valence-corrected chi connectivity index (χ4v) is 3.43. The van der Waals surface area contributed by atoms with Gasteiger partial charge < -0.3 is 15.0 Å². The molecule has 0 radical (unpaired) electrons. The minimum absolute atomic E-state index is 0.397. The van der Waals surface area contributed by atoms with Crippen molar-refractivity contribution < 1.29 is 19.1 Å². The summed E-state index contributed by atoms with van der Waals surface area (Å²) in [6.07, 6.45) is 5.18. The molecule has 3 N–H and O–H groups in total. The number of urea groups is 1. The summed E-state index contributed by atoms with van der Waals surface area (Å²) in [6, 6.07) is 4.78. The van der Waals surface area contributed by atoms with E-state index in [1.807, 2.05) is 26.0 Å². The van der Waals surface area contributed by atoms with E-state index in [-0.39, 0.29) is 0 Å². The third-order valence-electron chi connectivity index (χ3n) is 4.93. The Labute approximate surface area is 164 Å². The molecule has 3 amide bonds. The predicted molar refractivity (Wildman–Crippen MR) is 106 cm³/mol. The highest BCUT2D eigenvalue weighted by atomic mass is 16.5. The van der Waals surface area contributed by atoms with Gasteiger partial charge in [-0.2, -0.15) is 0 Å². The molecule has 1 aromatic heterocycles. The minimum atomic E-state index is -0.657. The second kappa shape index (κ2) is 8.91. The van der Waals surface area contributed by atoms with Crippen molar-refractivity contribution in [1.82, 2.24) is 15.6 Å². The van der Waals surface area contributed by atoms with Crippen LogP contribution >= 0.6 is 0 Å². The maximum Gasteiger partial charge on any atom is 0.338 e. The van der Waals surface area contributed by atoms with Crippen LogP contribution in [-0.2, 0) is 22.4 Å². The molecule has 0 aliphatic heterocycles. The largest absolute Gasteiger partial charge is 0.452 e. The second-order valence-electron chi connectivity index (χ2n) is 7.61. The second-order valence-corrected chi connectivity index (χ2v) is 7.61. The number of rotatable bonds is 6. The molecule has 150 valence electrons. The topological polar surface area (TPSA) is 100 Å². The number of aromatic nitrogens is 1. The molecular formula is C21H27N3O4. The number of esters is 1. The van der Waals surface area contributed by atoms with E-state index in [0.717, 1.165) is 36.6 Å². The molecule has 1 aromatic carbocycles. The van der Waals surface area contributed by atoms with Crippen molar-refractivity contribution >= 4 is 28.8 Å². The molecule has 7 nitrogen and oxygen atoms in total. The number of hydrogen-bond donors (Lipinski definition) is 3. The van der Waals surface area contributed by atoms with E-state index >= 15 is 0 Å². The molecule has 0 atom stereocenters. The van der Waals surface area contributed by atoms with Crippen molar-refractivity contribution in [1.29, 1.82) is 0 Å². The molecule has 1 aliphatic rings. The van der Waals surface area contributed by atoms with Gasteiger partial charge in [-0.15, -0.1) is 0 Å². The Hall–Kier alpha value is -2.83. The van der Waals surface area contributed by atoms with Gasteiger partial charge in [0.15, 0.2) is 6.61 Å². The summed E-state index contributed by atoms with van der Waals surface area (Å²) in [6.45, 7) is 4.08. The number of nitrogens with one attached hydrogen (secondary N) is 3. The first-order valence-corrected chi connectivity index (χ1v) is 9.82. The molecule has 2 aromatic rings. The number of carbonyl (C=O) groups is 3. The lowest BCUT2D eigenvalue weighted by atomic mass is 9.95. The van der Waals surface area contributed by atoms with Crippen LogP contribution in [0.3, 0.4) is 0 Å². The smallest absolute Gasteiger partial charge is 0.338 e. The lowest BCUT2D eigenvalue weighted by molar-refractivity contribution is -0.123. The van der Waals surface area contributed by atoms with Gasteiger partial charge in [0.2, 0.25) is 0 Å². The molecule has 0 bridgehead atoms. The summed E-state index contributed by atoms with van der Waals surface area (Å²) in [4.78, 5) is 39.1. The van der Waals surface area contributed by atoms with Gasteiger partial charge in [0.25, 0.3) is 5.91 Å². The van der Waals surface area contributed by atoms with Gasteiger partial charge in [-0.05, 0) is 61.8 Å². The number of amides is 3. The highest BCUT2D eigenvalue weighted by molar-refractivity contribution is 5.99. The molecular weight excluding hydrogens is 358 g/mol. The summed E-state index contributed by atoms with van der Waals surface area (Å²) in [7, 11) is 0. The fourth-order valence-electron chi connectivity index (χ4n) is 3.43. The lowest BCUT2D eigenvalue weighted by Crippen LogP contribution is -2.41. The van der Waals surface area contributed by atoms with Gasteiger partial charge in [0.1, 0.15) is 0 Å². The number of H-pyrrole nitrogens is 1. The van der Waals surface area contributed by atoms with Gasteiger partial charge in [0.05, 0.1) is 5.56 Å². The molecule has 0 saturated heterocycles. The first kappa shape index (κ1) is 19.9. The van der Waals surface area contributed by atoms with E-state index in [9.17, 15) is 14.4 Å². The zero-order valence-corrected chi connectivity index (χ0v) is 16.4. The number of aryl methyl sites for hydroxylation is 2. The number of imide groups is 1. The van der Waals surface area contributed by atoms with Crippen LogP contribution in [0.2, 0.25) is 0 Å². The van der Waals surface area contributed by atoms with Crippen LogP contribution in [0.25, 0.3) is 10.9 Å². The summed E-state index contributed by atoms with van der Waals surface area (Å²) in [5, 5.41) is 5.79. The summed E-state index contributed by atoms with van der Waals surface area (Å²) >= 11 is 0. The molecule has 0 fully saturated rings. The highest BCUT2D eigenvalue weighted by Gasteiger charge is 2.18. The monoisotopic (exact) mass is 385 g/mol. The predicted octanol–water partition coefficient (Wildman–Crippen LogP) is 3.08. The molecule has 7 heteroatoms. The summed E-state index contributed by atoms with van der Waals surface area (Å²) in [5.74, 6) is -0.779. The van der Waals surface area contributed by atoms with Crippen molar-refractivity contribution in [2.24, 2.45) is 5.92 Å². The first-order chi connectivity index (χ1) is 13.4. The first-order valence-electron chi connectivity index (χ1n) is 9.82. The maximum atomic E-state index is 12.3. The van der Waals surface area contributed by atoms with Crippen molar-refractivity contribution in [2.45, 2.75) is 46.0 Å². The Morgan fingerprint density at radius 1 is 1.18 bits per heavy atom. The molecule has 0 saturated carbocycles. The van der Waals surface area contributed by atoms with Gasteiger partial charge in [0, 0.05) is 23.1 Å². The van der Waals surface area contributed by atoms with Crippen molar-refractivity contribution in [2.75, 3.05) is 13.2 Å². The Bertz CT molecular complexity index is 885. The van der Waals surface area contributed by atoms with Crippen LogP contribution in [0.4, 0.5) is 4.79 Å². The van der Waals surface area contributed by atoms with Gasteiger partial charge >= 0.3 is 12.0 Å². The van der Waals surface area contributed by atoms with Crippen LogP contribution in [0.1, 0.15) is 54.7 Å². The highest BCUT2D eigenvalue weighted by Crippen LogP contribution is 2.29. The average Bonchev–Trinajstić information content (AvgIpc) is 3.03. The lowest BCUT2D eigenvalue weighted by Gasteiger charge is -2.10. The van der Waals surface area contributed by atoms with Gasteiger partial charge in [-0.3, -0.25) is 10.1 Å². The maximum absolute atomic E-state index is 12.3. The molecule has 1 heterocycles. The van der Waals surface area contributed by atoms with E-state index in [4.69, 9.17) is 4.74 Å². The van der Waals surface area contributed by atoms with E-state index in [2.05, 4.69) is 15.6 Å². The molecule has 3 rings (SSSR count). The van der Waals surface area contributed by atoms with E-state index in [0.29, 0.717) is 18.0 Å². The van der Waals surface area contributed by atoms with E-state index in [1.165, 1.54) is 17.7 Å². The number of hydrogen-bond acceptors (Lipinski definition) is 4. The van der Waals surface area contributed by atoms with Crippen molar-refractivity contribution in [3.05, 3.63) is 35.0 Å². The van der Waals surface area contributed by atoms with Crippen LogP contribution in [-0.4, -0.2) is 36.0 Å². The SMILES string of the molecule is CC(C)CCNC(=O)NC(=O)COC(=O)c1ccc2[nH]c3c(c2c1)CCCC3. The third kappa shape index (κ3) is 4.91. The van der Waals surface area contributed by atoms with Crippen LogP contribution < -0.4 is 10.6 Å². The molecule has 0 unspecified atom stereocenters. The molecule has 28 heavy (non-hydrogen) atoms. The van der Waals surface area contributed by atoms with Crippen LogP contribution in [0.15, 0.2) is 18.2 Å². The number of ether oxygens (including phenoxy) is 1. The summed E-state index contributed by atoms with van der Waals surface area (Å²) in [5.41, 5.74) is 3.93. The van der Waals surface area contributed by atoms with E-state index < -0.39 is 24.5 Å². The minimum Gasteiger partial charge on any atom is -0.452 e. The third-order valence-corrected chi connectivity index (χ3v) is 4.93. The zero-order chi connectivity index (χ0) is 20.1. The fraction of sp³-hybridized carbons (Fsp3) is 0.476. The normalized spacial score (nSPS) is 13.2. The molecule has 0 spiro atoms. The quantitative estimate of drug-likeness (QED) is 0.665. The number of carbonyl (C=O) groups excluding carboxylic acids is 3. The van der Waals surface area contributed by atoms with Crippen LogP contribution in [0, 0.1) is 5.92 Å². The number of benzene rings is 1. The Morgan fingerprint density at radius 2 is 1.96 bits per heavy atom. The number of fused-ring (bicyclic) bond motifs is 3. The number of aromatic amines is 1. The Morgan fingerprint density at radius 3 is 2.75 bits per heavy atom.